The first-order valence-electron chi connectivity index (χ1n) is 6.36. The number of aromatic hydroxyl groups is 1. The minimum absolute atomic E-state index is 0.0770. The van der Waals surface area contributed by atoms with Crippen LogP contribution in [0.3, 0.4) is 0 Å². The van der Waals surface area contributed by atoms with Crippen molar-refractivity contribution >= 4 is 23.1 Å². The number of pyridine rings is 1. The lowest BCUT2D eigenvalue weighted by molar-refractivity contribution is 0.0693. The molecule has 0 radical (unpaired) electrons. The third-order valence-corrected chi connectivity index (χ3v) is 3.32. The number of ether oxygens (including phenoxy) is 1. The number of rotatable bonds is 4. The molecular weight excluding hydrogens is 308 g/mol. The minimum atomic E-state index is -1.13. The van der Waals surface area contributed by atoms with Crippen molar-refractivity contribution in [3.63, 3.8) is 0 Å². The number of carboxylic acid groups (broad SMARTS) is 1. The second-order valence-corrected chi connectivity index (χ2v) is 5.00. The molecule has 2 N–H and O–H groups in total. The van der Waals surface area contributed by atoms with E-state index in [1.165, 1.54) is 12.1 Å². The Morgan fingerprint density at radius 2 is 2.00 bits per heavy atom. The van der Waals surface area contributed by atoms with Crippen LogP contribution in [0.5, 0.6) is 11.5 Å². The van der Waals surface area contributed by atoms with E-state index >= 15 is 0 Å². The van der Waals surface area contributed by atoms with Gasteiger partial charge in [-0.25, -0.2) is 9.78 Å². The van der Waals surface area contributed by atoms with Gasteiger partial charge in [-0.2, -0.15) is 0 Å². The number of hydrogen-bond acceptors (Lipinski definition) is 4. The number of carbonyl (C=O) groups is 1. The van der Waals surface area contributed by atoms with Crippen molar-refractivity contribution in [1.82, 2.24) is 9.38 Å². The van der Waals surface area contributed by atoms with Gasteiger partial charge in [-0.15, -0.1) is 0 Å². The van der Waals surface area contributed by atoms with Crippen LogP contribution < -0.4 is 4.74 Å². The predicted molar refractivity (Wildman–Crippen MR) is 79.6 cm³/mol. The summed E-state index contributed by atoms with van der Waals surface area (Å²) in [6.07, 6.45) is 1.65. The standard InChI is InChI=1S/C15H11ClN2O4/c16-9-5-6-18-12(7-9)14(15(20)21)17-13(18)8-22-11-3-1-10(19)2-4-11/h1-7,19H,8H2,(H,20,21). The summed E-state index contributed by atoms with van der Waals surface area (Å²) in [7, 11) is 0. The Bertz CT molecular complexity index is 843. The Kier molecular flexibility index (Phi) is 3.60. The Morgan fingerprint density at radius 3 is 2.68 bits per heavy atom. The predicted octanol–water partition coefficient (Wildman–Crippen LogP) is 2.97. The van der Waals surface area contributed by atoms with Crippen molar-refractivity contribution in [2.24, 2.45) is 0 Å². The molecule has 0 spiro atoms. The molecule has 2 heterocycles. The van der Waals surface area contributed by atoms with E-state index in [-0.39, 0.29) is 18.1 Å². The molecule has 6 nitrogen and oxygen atoms in total. The molecule has 7 heteroatoms. The topological polar surface area (TPSA) is 84.1 Å². The highest BCUT2D eigenvalue weighted by atomic mass is 35.5. The van der Waals surface area contributed by atoms with Crippen molar-refractivity contribution in [1.29, 1.82) is 0 Å². The van der Waals surface area contributed by atoms with Crippen LogP contribution >= 0.6 is 11.6 Å². The Labute approximate surface area is 130 Å². The van der Waals surface area contributed by atoms with Gasteiger partial charge in [0.25, 0.3) is 0 Å². The largest absolute Gasteiger partial charge is 0.508 e. The van der Waals surface area contributed by atoms with Gasteiger partial charge in [-0.05, 0) is 36.4 Å². The van der Waals surface area contributed by atoms with Crippen LogP contribution in [0, 0.1) is 0 Å². The van der Waals surface area contributed by atoms with Crippen LogP contribution in [0.1, 0.15) is 16.3 Å². The molecule has 0 aliphatic heterocycles. The Morgan fingerprint density at radius 1 is 1.27 bits per heavy atom. The van der Waals surface area contributed by atoms with E-state index in [1.54, 1.807) is 34.9 Å². The van der Waals surface area contributed by atoms with E-state index in [2.05, 4.69) is 4.98 Å². The lowest BCUT2D eigenvalue weighted by atomic mass is 10.3. The number of phenols is 1. The molecule has 2 aromatic heterocycles. The molecule has 3 rings (SSSR count). The number of nitrogens with zero attached hydrogens (tertiary/aromatic N) is 2. The van der Waals surface area contributed by atoms with Gasteiger partial charge < -0.3 is 14.9 Å². The number of imidazole rings is 1. The molecule has 0 unspecified atom stereocenters. The fourth-order valence-electron chi connectivity index (χ4n) is 2.07. The van der Waals surface area contributed by atoms with Gasteiger partial charge in [0.2, 0.25) is 0 Å². The normalized spacial score (nSPS) is 10.8. The molecule has 22 heavy (non-hydrogen) atoms. The zero-order valence-electron chi connectivity index (χ0n) is 11.2. The first-order chi connectivity index (χ1) is 10.5. The number of aromatic carboxylic acids is 1. The van der Waals surface area contributed by atoms with Crippen LogP contribution in [-0.4, -0.2) is 25.6 Å². The number of benzene rings is 1. The molecule has 0 saturated carbocycles. The highest BCUT2D eigenvalue weighted by Gasteiger charge is 2.17. The molecule has 0 amide bonds. The average Bonchev–Trinajstić information content (AvgIpc) is 2.85. The van der Waals surface area contributed by atoms with Gasteiger partial charge in [-0.3, -0.25) is 4.40 Å². The number of phenolic OH excluding ortho intramolecular Hbond substituents is 1. The summed E-state index contributed by atoms with van der Waals surface area (Å²) in [6, 6.07) is 9.41. The summed E-state index contributed by atoms with van der Waals surface area (Å²) in [5.41, 5.74) is 0.330. The SMILES string of the molecule is O=C(O)c1nc(COc2ccc(O)cc2)n2ccc(Cl)cc12. The van der Waals surface area contributed by atoms with Gasteiger partial charge >= 0.3 is 5.97 Å². The lowest BCUT2D eigenvalue weighted by Crippen LogP contribution is -2.01. The first kappa shape index (κ1) is 14.2. The van der Waals surface area contributed by atoms with Gasteiger partial charge in [0, 0.05) is 11.2 Å². The van der Waals surface area contributed by atoms with Gasteiger partial charge in [0.15, 0.2) is 11.5 Å². The van der Waals surface area contributed by atoms with E-state index in [4.69, 9.17) is 16.3 Å². The quantitative estimate of drug-likeness (QED) is 0.772. The van der Waals surface area contributed by atoms with Crippen molar-refractivity contribution in [3.8, 4) is 11.5 Å². The maximum absolute atomic E-state index is 11.3. The highest BCUT2D eigenvalue weighted by Crippen LogP contribution is 2.21. The van der Waals surface area contributed by atoms with Crippen molar-refractivity contribution < 1.29 is 19.7 Å². The first-order valence-corrected chi connectivity index (χ1v) is 6.74. The molecule has 0 saturated heterocycles. The third kappa shape index (κ3) is 2.68. The van der Waals surface area contributed by atoms with Crippen LogP contribution in [0.2, 0.25) is 5.02 Å². The lowest BCUT2D eigenvalue weighted by Gasteiger charge is -2.05. The summed E-state index contributed by atoms with van der Waals surface area (Å²) in [6.45, 7) is 0.0842. The molecule has 0 bridgehead atoms. The number of carboxylic acids is 1. The number of halogens is 1. The van der Waals surface area contributed by atoms with Crippen LogP contribution in [0.4, 0.5) is 0 Å². The summed E-state index contributed by atoms with van der Waals surface area (Å²) < 4.78 is 7.18. The van der Waals surface area contributed by atoms with Crippen molar-refractivity contribution in [2.75, 3.05) is 0 Å². The number of fused-ring (bicyclic) bond motifs is 1. The second kappa shape index (κ2) is 5.57. The van der Waals surface area contributed by atoms with E-state index in [1.807, 2.05) is 0 Å². The van der Waals surface area contributed by atoms with Crippen molar-refractivity contribution in [2.45, 2.75) is 6.61 Å². The molecule has 0 aliphatic carbocycles. The maximum Gasteiger partial charge on any atom is 0.356 e. The third-order valence-electron chi connectivity index (χ3n) is 3.09. The van der Waals surface area contributed by atoms with Crippen LogP contribution in [-0.2, 0) is 6.61 Å². The van der Waals surface area contributed by atoms with Crippen LogP contribution in [0.25, 0.3) is 5.52 Å². The average molecular weight is 319 g/mol. The van der Waals surface area contributed by atoms with Gasteiger partial charge in [0.05, 0.1) is 5.52 Å². The molecule has 0 fully saturated rings. The van der Waals surface area contributed by atoms with Gasteiger partial charge in [-0.1, -0.05) is 11.6 Å². The Hall–Kier alpha value is -2.73. The number of aromatic nitrogens is 2. The summed E-state index contributed by atoms with van der Waals surface area (Å²) in [4.78, 5) is 15.4. The zero-order valence-corrected chi connectivity index (χ0v) is 12.0. The molecule has 0 atom stereocenters. The van der Waals surface area contributed by atoms with E-state index in [0.29, 0.717) is 22.1 Å². The second-order valence-electron chi connectivity index (χ2n) is 4.56. The van der Waals surface area contributed by atoms with Crippen LogP contribution in [0.15, 0.2) is 42.6 Å². The molecule has 3 aromatic rings. The minimum Gasteiger partial charge on any atom is -0.508 e. The number of hydrogen-bond donors (Lipinski definition) is 2. The summed E-state index contributed by atoms with van der Waals surface area (Å²) in [5, 5.41) is 18.9. The smallest absolute Gasteiger partial charge is 0.356 e. The molecule has 112 valence electrons. The molecular formula is C15H11ClN2O4. The summed E-state index contributed by atoms with van der Waals surface area (Å²) >= 11 is 5.90. The Balaban J connectivity index is 1.93. The van der Waals surface area contributed by atoms with Gasteiger partial charge in [0.1, 0.15) is 18.1 Å². The highest BCUT2D eigenvalue weighted by molar-refractivity contribution is 6.31. The zero-order chi connectivity index (χ0) is 15.7. The summed E-state index contributed by atoms with van der Waals surface area (Å²) in [5.74, 6) is -0.00500. The molecule has 0 aliphatic rings. The monoisotopic (exact) mass is 318 g/mol. The molecule has 1 aromatic carbocycles. The fourth-order valence-corrected chi connectivity index (χ4v) is 2.23. The van der Waals surface area contributed by atoms with E-state index in [0.717, 1.165) is 0 Å². The fraction of sp³-hybridized carbons (Fsp3) is 0.0667. The van der Waals surface area contributed by atoms with E-state index in [9.17, 15) is 15.0 Å². The maximum atomic E-state index is 11.3. The van der Waals surface area contributed by atoms with Crippen molar-refractivity contribution in [3.05, 3.63) is 59.1 Å². The van der Waals surface area contributed by atoms with E-state index < -0.39 is 5.97 Å².